The van der Waals surface area contributed by atoms with Gasteiger partial charge in [0.05, 0.1) is 5.02 Å². The van der Waals surface area contributed by atoms with E-state index in [1.807, 2.05) is 6.07 Å². The van der Waals surface area contributed by atoms with Crippen LogP contribution >= 0.6 is 23.2 Å². The number of nitrogens with one attached hydrogen (secondary N) is 1. The Morgan fingerprint density at radius 2 is 1.76 bits per heavy atom. The number of benzene rings is 2. The van der Waals surface area contributed by atoms with Crippen LogP contribution in [-0.2, 0) is 4.79 Å². The first-order valence-electron chi connectivity index (χ1n) is 10.8. The number of halogens is 2. The van der Waals surface area contributed by atoms with Crippen molar-refractivity contribution >= 4 is 41.1 Å². The second-order valence-corrected chi connectivity index (χ2v) is 9.02. The lowest BCUT2D eigenvalue weighted by Gasteiger charge is -2.31. The molecule has 4 rings (SSSR count). The van der Waals surface area contributed by atoms with Crippen molar-refractivity contribution in [2.45, 2.75) is 19.8 Å². The summed E-state index contributed by atoms with van der Waals surface area (Å²) >= 11 is 12.3. The number of hydrogen-bond donors (Lipinski definition) is 1. The van der Waals surface area contributed by atoms with Crippen LogP contribution in [0, 0.1) is 5.92 Å². The second kappa shape index (κ2) is 10.3. The average molecular weight is 483 g/mol. The fraction of sp³-hybridized carbons (Fsp3) is 0.231. The number of furan rings is 1. The molecule has 1 aromatic heterocycles. The molecule has 0 radical (unpaired) electrons. The molecule has 0 aliphatic carbocycles. The van der Waals surface area contributed by atoms with Crippen molar-refractivity contribution in [3.63, 3.8) is 0 Å². The number of carbonyl (C=O) groups excluding carboxylic acids is 2. The zero-order valence-electron chi connectivity index (χ0n) is 18.2. The molecule has 0 bridgehead atoms. The van der Waals surface area contributed by atoms with Gasteiger partial charge in [0, 0.05) is 35.3 Å². The van der Waals surface area contributed by atoms with E-state index < -0.39 is 0 Å². The summed E-state index contributed by atoms with van der Waals surface area (Å²) in [4.78, 5) is 27.9. The third kappa shape index (κ3) is 5.67. The number of piperidine rings is 1. The Morgan fingerprint density at radius 3 is 2.45 bits per heavy atom. The van der Waals surface area contributed by atoms with Crippen LogP contribution in [-0.4, -0.2) is 29.8 Å². The van der Waals surface area contributed by atoms with E-state index >= 15 is 0 Å². The highest BCUT2D eigenvalue weighted by Gasteiger charge is 2.25. The molecule has 0 atom stereocenters. The van der Waals surface area contributed by atoms with Crippen molar-refractivity contribution in [3.05, 3.63) is 87.7 Å². The SMILES string of the molecule is CC1CCN(C(=O)/C(=C/c2ccc(-c3ccc(Cl)cc3Cl)o2)NC(=O)c2ccccc2)CC1. The Kier molecular flexibility index (Phi) is 7.21. The summed E-state index contributed by atoms with van der Waals surface area (Å²) in [6.07, 6.45) is 3.44. The van der Waals surface area contributed by atoms with Gasteiger partial charge in [-0.2, -0.15) is 0 Å². The molecule has 170 valence electrons. The molecule has 1 N–H and O–H groups in total. The Balaban J connectivity index is 1.63. The first-order valence-corrected chi connectivity index (χ1v) is 11.6. The summed E-state index contributed by atoms with van der Waals surface area (Å²) in [5.74, 6) is 0.966. The lowest BCUT2D eigenvalue weighted by atomic mass is 9.99. The lowest BCUT2D eigenvalue weighted by molar-refractivity contribution is -0.128. The van der Waals surface area contributed by atoms with Gasteiger partial charge in [0.2, 0.25) is 0 Å². The van der Waals surface area contributed by atoms with Gasteiger partial charge >= 0.3 is 0 Å². The van der Waals surface area contributed by atoms with Crippen LogP contribution in [0.1, 0.15) is 35.9 Å². The largest absolute Gasteiger partial charge is 0.457 e. The summed E-state index contributed by atoms with van der Waals surface area (Å²) in [6.45, 7) is 3.49. The normalized spacial score (nSPS) is 14.9. The van der Waals surface area contributed by atoms with E-state index in [9.17, 15) is 9.59 Å². The molecule has 2 heterocycles. The van der Waals surface area contributed by atoms with Crippen molar-refractivity contribution in [2.75, 3.05) is 13.1 Å². The van der Waals surface area contributed by atoms with Gasteiger partial charge in [-0.3, -0.25) is 9.59 Å². The maximum Gasteiger partial charge on any atom is 0.270 e. The zero-order valence-corrected chi connectivity index (χ0v) is 19.7. The van der Waals surface area contributed by atoms with E-state index in [4.69, 9.17) is 27.6 Å². The summed E-state index contributed by atoms with van der Waals surface area (Å²) in [5.41, 5.74) is 1.32. The Hall–Kier alpha value is -3.02. The molecule has 0 unspecified atom stereocenters. The molecular weight excluding hydrogens is 459 g/mol. The molecule has 33 heavy (non-hydrogen) atoms. The minimum atomic E-state index is -0.354. The van der Waals surface area contributed by atoms with Crippen LogP contribution in [0.2, 0.25) is 10.0 Å². The molecule has 0 spiro atoms. The first-order chi connectivity index (χ1) is 15.9. The smallest absolute Gasteiger partial charge is 0.270 e. The van der Waals surface area contributed by atoms with Crippen LogP contribution in [0.4, 0.5) is 0 Å². The minimum Gasteiger partial charge on any atom is -0.457 e. The van der Waals surface area contributed by atoms with Gasteiger partial charge < -0.3 is 14.6 Å². The topological polar surface area (TPSA) is 62.6 Å². The Bertz CT molecular complexity index is 1180. The molecule has 1 aliphatic rings. The molecule has 1 fully saturated rings. The molecule has 7 heteroatoms. The van der Waals surface area contributed by atoms with Gasteiger partial charge in [0.1, 0.15) is 17.2 Å². The van der Waals surface area contributed by atoms with Gasteiger partial charge in [-0.05, 0) is 61.2 Å². The fourth-order valence-corrected chi connectivity index (χ4v) is 4.23. The fourth-order valence-electron chi connectivity index (χ4n) is 3.72. The van der Waals surface area contributed by atoms with Gasteiger partial charge in [-0.1, -0.05) is 48.3 Å². The molecule has 2 amide bonds. The van der Waals surface area contributed by atoms with E-state index in [1.165, 1.54) is 0 Å². The molecule has 0 saturated carbocycles. The van der Waals surface area contributed by atoms with Crippen LogP contribution in [0.15, 0.2) is 70.8 Å². The molecule has 3 aromatic rings. The van der Waals surface area contributed by atoms with Crippen LogP contribution in [0.5, 0.6) is 0 Å². The monoisotopic (exact) mass is 482 g/mol. The molecule has 1 aliphatic heterocycles. The van der Waals surface area contributed by atoms with Crippen molar-refractivity contribution < 1.29 is 14.0 Å². The minimum absolute atomic E-state index is 0.168. The van der Waals surface area contributed by atoms with Crippen molar-refractivity contribution in [2.24, 2.45) is 5.92 Å². The number of hydrogen-bond acceptors (Lipinski definition) is 3. The van der Waals surface area contributed by atoms with E-state index in [0.29, 0.717) is 51.7 Å². The summed E-state index contributed by atoms with van der Waals surface area (Å²) < 4.78 is 5.94. The van der Waals surface area contributed by atoms with Gasteiger partial charge in [-0.25, -0.2) is 0 Å². The lowest BCUT2D eigenvalue weighted by Crippen LogP contribution is -2.42. The molecule has 5 nitrogen and oxygen atoms in total. The third-order valence-corrected chi connectivity index (χ3v) is 6.24. The quantitative estimate of drug-likeness (QED) is 0.435. The van der Waals surface area contributed by atoms with Gasteiger partial charge in [-0.15, -0.1) is 0 Å². The third-order valence-electron chi connectivity index (χ3n) is 5.70. The highest BCUT2D eigenvalue weighted by molar-refractivity contribution is 6.36. The van der Waals surface area contributed by atoms with Crippen molar-refractivity contribution in [3.8, 4) is 11.3 Å². The number of likely N-dealkylation sites (tertiary alicyclic amines) is 1. The van der Waals surface area contributed by atoms with Crippen LogP contribution < -0.4 is 5.32 Å². The van der Waals surface area contributed by atoms with E-state index in [-0.39, 0.29) is 17.5 Å². The molecule has 1 saturated heterocycles. The summed E-state index contributed by atoms with van der Waals surface area (Å²) in [7, 11) is 0. The standard InChI is InChI=1S/C26H24Cl2N2O3/c1-17-11-13-30(14-12-17)26(32)23(29-25(31)18-5-3-2-4-6-18)16-20-8-10-24(33-20)21-9-7-19(27)15-22(21)28/h2-10,15-17H,11-14H2,1H3,(H,29,31)/b23-16-. The Labute approximate surface area is 203 Å². The number of carbonyl (C=O) groups is 2. The first kappa shape index (κ1) is 23.1. The number of amides is 2. The summed E-state index contributed by atoms with van der Waals surface area (Å²) in [5, 5.41) is 3.78. The maximum atomic E-state index is 13.3. The number of rotatable bonds is 5. The number of nitrogens with zero attached hydrogens (tertiary/aromatic N) is 1. The highest BCUT2D eigenvalue weighted by Crippen LogP contribution is 2.32. The van der Waals surface area contributed by atoms with E-state index in [0.717, 1.165) is 12.8 Å². The zero-order chi connectivity index (χ0) is 23.4. The maximum absolute atomic E-state index is 13.3. The highest BCUT2D eigenvalue weighted by atomic mass is 35.5. The summed E-state index contributed by atoms with van der Waals surface area (Å²) in [6, 6.07) is 17.4. The average Bonchev–Trinajstić information content (AvgIpc) is 3.27. The van der Waals surface area contributed by atoms with Gasteiger partial charge in [0.25, 0.3) is 11.8 Å². The second-order valence-electron chi connectivity index (χ2n) is 8.18. The predicted octanol–water partition coefficient (Wildman–Crippen LogP) is 6.28. The Morgan fingerprint density at radius 1 is 1.03 bits per heavy atom. The molecular formula is C26H24Cl2N2O3. The van der Waals surface area contributed by atoms with E-state index in [1.54, 1.807) is 65.6 Å². The van der Waals surface area contributed by atoms with Crippen molar-refractivity contribution in [1.82, 2.24) is 10.2 Å². The van der Waals surface area contributed by atoms with Crippen LogP contribution in [0.25, 0.3) is 17.4 Å². The van der Waals surface area contributed by atoms with Crippen molar-refractivity contribution in [1.29, 1.82) is 0 Å². The predicted molar refractivity (Wildman–Crippen MR) is 131 cm³/mol. The van der Waals surface area contributed by atoms with E-state index in [2.05, 4.69) is 12.2 Å². The molecule has 2 aromatic carbocycles. The van der Waals surface area contributed by atoms with Gasteiger partial charge in [0.15, 0.2) is 0 Å². The van der Waals surface area contributed by atoms with Crippen LogP contribution in [0.3, 0.4) is 0 Å².